The van der Waals surface area contributed by atoms with Crippen LogP contribution in [-0.4, -0.2) is 38.3 Å². The smallest absolute Gasteiger partial charge is 0.243 e. The van der Waals surface area contributed by atoms with E-state index in [0.717, 1.165) is 31.4 Å². The van der Waals surface area contributed by atoms with E-state index in [2.05, 4.69) is 5.32 Å². The van der Waals surface area contributed by atoms with Crippen molar-refractivity contribution in [3.8, 4) is 0 Å². The van der Waals surface area contributed by atoms with Gasteiger partial charge in [0.05, 0.1) is 4.90 Å². The molecular formula is C19H28N2O3S. The molecule has 0 unspecified atom stereocenters. The SMILES string of the molecule is Cc1ccccc1S(=O)(=O)N1CCC(CCC(=O)NCC2CC2)CC1. The molecule has 3 rings (SSSR count). The molecule has 1 aromatic carbocycles. The minimum atomic E-state index is -3.40. The second kappa shape index (κ2) is 7.87. The van der Waals surface area contributed by atoms with Crippen molar-refractivity contribution in [2.45, 2.75) is 50.3 Å². The third-order valence-corrected chi connectivity index (χ3v) is 7.41. The summed E-state index contributed by atoms with van der Waals surface area (Å²) in [6.45, 7) is 3.75. The Bertz CT molecular complexity index is 705. The fourth-order valence-corrected chi connectivity index (χ4v) is 5.12. The molecular weight excluding hydrogens is 336 g/mol. The lowest BCUT2D eigenvalue weighted by molar-refractivity contribution is -0.121. The summed E-state index contributed by atoms with van der Waals surface area (Å²) in [4.78, 5) is 12.3. The van der Waals surface area contributed by atoms with Crippen LogP contribution in [0.2, 0.25) is 0 Å². The summed E-state index contributed by atoms with van der Waals surface area (Å²) in [5.74, 6) is 1.29. The van der Waals surface area contributed by atoms with E-state index in [1.165, 1.54) is 12.8 Å². The zero-order valence-corrected chi connectivity index (χ0v) is 15.7. The standard InChI is InChI=1S/C19H28N2O3S/c1-15-4-2-3-5-18(15)25(23,24)21-12-10-16(11-13-21)8-9-19(22)20-14-17-6-7-17/h2-5,16-17H,6-14H2,1H3,(H,20,22). The first-order valence-corrected chi connectivity index (χ1v) is 10.7. The summed E-state index contributed by atoms with van der Waals surface area (Å²) in [6.07, 6.45) is 5.57. The number of benzene rings is 1. The predicted molar refractivity (Wildman–Crippen MR) is 97.6 cm³/mol. The average Bonchev–Trinajstić information content (AvgIpc) is 3.43. The van der Waals surface area contributed by atoms with Crippen LogP contribution in [0.4, 0.5) is 0 Å². The zero-order chi connectivity index (χ0) is 17.9. The van der Waals surface area contributed by atoms with Crippen molar-refractivity contribution in [1.82, 2.24) is 9.62 Å². The minimum absolute atomic E-state index is 0.141. The lowest BCUT2D eigenvalue weighted by Gasteiger charge is -2.31. The maximum atomic E-state index is 12.8. The molecule has 0 bridgehead atoms. The van der Waals surface area contributed by atoms with Crippen molar-refractivity contribution in [2.24, 2.45) is 11.8 Å². The third-order valence-electron chi connectivity index (χ3n) is 5.35. The molecule has 1 heterocycles. The summed E-state index contributed by atoms with van der Waals surface area (Å²) >= 11 is 0. The van der Waals surface area contributed by atoms with Gasteiger partial charge < -0.3 is 5.32 Å². The van der Waals surface area contributed by atoms with Crippen LogP contribution >= 0.6 is 0 Å². The van der Waals surface area contributed by atoms with Crippen LogP contribution in [0.1, 0.15) is 44.1 Å². The molecule has 0 atom stereocenters. The number of carbonyl (C=O) groups excluding carboxylic acids is 1. The number of sulfonamides is 1. The highest BCUT2D eigenvalue weighted by Gasteiger charge is 2.30. The quantitative estimate of drug-likeness (QED) is 0.809. The number of hydrogen-bond acceptors (Lipinski definition) is 3. The largest absolute Gasteiger partial charge is 0.356 e. The summed E-state index contributed by atoms with van der Waals surface area (Å²) in [6, 6.07) is 7.14. The minimum Gasteiger partial charge on any atom is -0.356 e. The monoisotopic (exact) mass is 364 g/mol. The lowest BCUT2D eigenvalue weighted by atomic mass is 9.93. The first-order chi connectivity index (χ1) is 12.0. The predicted octanol–water partition coefficient (Wildman–Crippen LogP) is 2.70. The van der Waals surface area contributed by atoms with Gasteiger partial charge in [-0.15, -0.1) is 0 Å². The van der Waals surface area contributed by atoms with Crippen LogP contribution in [0.25, 0.3) is 0 Å². The first-order valence-electron chi connectivity index (χ1n) is 9.29. The van der Waals surface area contributed by atoms with Gasteiger partial charge in [0.2, 0.25) is 15.9 Å². The molecule has 138 valence electrons. The Hall–Kier alpha value is -1.40. The van der Waals surface area contributed by atoms with Gasteiger partial charge in [-0.05, 0) is 62.5 Å². The molecule has 0 spiro atoms. The topological polar surface area (TPSA) is 66.5 Å². The number of piperidine rings is 1. The van der Waals surface area contributed by atoms with Crippen LogP contribution in [0.15, 0.2) is 29.2 Å². The molecule has 0 radical (unpaired) electrons. The van der Waals surface area contributed by atoms with E-state index < -0.39 is 10.0 Å². The van der Waals surface area contributed by atoms with Crippen molar-refractivity contribution in [1.29, 1.82) is 0 Å². The fraction of sp³-hybridized carbons (Fsp3) is 0.632. The van der Waals surface area contributed by atoms with Gasteiger partial charge >= 0.3 is 0 Å². The number of carbonyl (C=O) groups is 1. The van der Waals surface area contributed by atoms with Crippen molar-refractivity contribution >= 4 is 15.9 Å². The zero-order valence-electron chi connectivity index (χ0n) is 14.9. The van der Waals surface area contributed by atoms with Crippen LogP contribution in [0.3, 0.4) is 0 Å². The molecule has 6 heteroatoms. The van der Waals surface area contributed by atoms with Crippen molar-refractivity contribution in [3.05, 3.63) is 29.8 Å². The number of rotatable bonds is 7. The molecule has 2 fully saturated rings. The van der Waals surface area contributed by atoms with Gasteiger partial charge in [-0.2, -0.15) is 4.31 Å². The average molecular weight is 365 g/mol. The molecule has 1 aliphatic carbocycles. The number of hydrogen-bond donors (Lipinski definition) is 1. The van der Waals surface area contributed by atoms with Crippen LogP contribution < -0.4 is 5.32 Å². The maximum Gasteiger partial charge on any atom is 0.243 e. The van der Waals surface area contributed by atoms with E-state index in [1.807, 2.05) is 19.1 Å². The van der Waals surface area contributed by atoms with E-state index in [9.17, 15) is 13.2 Å². The molecule has 2 aliphatic rings. The van der Waals surface area contributed by atoms with E-state index in [0.29, 0.717) is 36.2 Å². The number of nitrogens with zero attached hydrogens (tertiary/aromatic N) is 1. The van der Waals surface area contributed by atoms with Gasteiger partial charge in [0.25, 0.3) is 0 Å². The van der Waals surface area contributed by atoms with E-state index in [-0.39, 0.29) is 5.91 Å². The van der Waals surface area contributed by atoms with Gasteiger partial charge in [0.15, 0.2) is 0 Å². The normalized spacial score (nSPS) is 19.7. The van der Waals surface area contributed by atoms with Gasteiger partial charge in [-0.1, -0.05) is 18.2 Å². The molecule has 1 aliphatic heterocycles. The summed E-state index contributed by atoms with van der Waals surface area (Å²) in [7, 11) is -3.40. The summed E-state index contributed by atoms with van der Waals surface area (Å²) < 4.78 is 27.2. The molecule has 1 saturated carbocycles. The molecule has 0 aromatic heterocycles. The molecule has 5 nitrogen and oxygen atoms in total. The Labute approximate surface area is 150 Å². The van der Waals surface area contributed by atoms with Crippen LogP contribution in [0, 0.1) is 18.8 Å². The molecule has 1 amide bonds. The van der Waals surface area contributed by atoms with Gasteiger partial charge in [-0.3, -0.25) is 4.79 Å². The van der Waals surface area contributed by atoms with Gasteiger partial charge in [0, 0.05) is 26.1 Å². The van der Waals surface area contributed by atoms with Crippen molar-refractivity contribution in [3.63, 3.8) is 0 Å². The highest BCUT2D eigenvalue weighted by Crippen LogP contribution is 2.29. The van der Waals surface area contributed by atoms with Gasteiger partial charge in [-0.25, -0.2) is 8.42 Å². The second-order valence-corrected chi connectivity index (χ2v) is 9.31. The van der Waals surface area contributed by atoms with Gasteiger partial charge in [0.1, 0.15) is 0 Å². The molecule has 1 aromatic rings. The number of nitrogens with one attached hydrogen (secondary N) is 1. The third kappa shape index (κ3) is 4.82. The summed E-state index contributed by atoms with van der Waals surface area (Å²) in [5.41, 5.74) is 0.789. The Morgan fingerprint density at radius 1 is 1.12 bits per heavy atom. The molecule has 1 N–H and O–H groups in total. The summed E-state index contributed by atoms with van der Waals surface area (Å²) in [5, 5.41) is 3.00. The van der Waals surface area contributed by atoms with Crippen LogP contribution in [-0.2, 0) is 14.8 Å². The van der Waals surface area contributed by atoms with E-state index >= 15 is 0 Å². The number of amides is 1. The van der Waals surface area contributed by atoms with Crippen LogP contribution in [0.5, 0.6) is 0 Å². The highest BCUT2D eigenvalue weighted by atomic mass is 32.2. The van der Waals surface area contributed by atoms with Crippen molar-refractivity contribution in [2.75, 3.05) is 19.6 Å². The van der Waals surface area contributed by atoms with E-state index in [4.69, 9.17) is 0 Å². The highest BCUT2D eigenvalue weighted by molar-refractivity contribution is 7.89. The fourth-order valence-electron chi connectivity index (χ4n) is 3.43. The molecule has 1 saturated heterocycles. The number of aryl methyl sites for hydroxylation is 1. The maximum absolute atomic E-state index is 12.8. The molecule has 25 heavy (non-hydrogen) atoms. The second-order valence-electron chi connectivity index (χ2n) is 7.40. The first kappa shape index (κ1) is 18.4. The van der Waals surface area contributed by atoms with Crippen molar-refractivity contribution < 1.29 is 13.2 Å². The lowest BCUT2D eigenvalue weighted by Crippen LogP contribution is -2.39. The Morgan fingerprint density at radius 3 is 2.44 bits per heavy atom. The Kier molecular flexibility index (Phi) is 5.79. The Balaban J connectivity index is 1.46. The van der Waals surface area contributed by atoms with E-state index in [1.54, 1.807) is 16.4 Å². The Morgan fingerprint density at radius 2 is 1.80 bits per heavy atom.